The van der Waals surface area contributed by atoms with Crippen LogP contribution in [0.25, 0.3) is 0 Å². The molecule has 1 aliphatic rings. The van der Waals surface area contributed by atoms with Crippen molar-refractivity contribution >= 4 is 31.3 Å². The summed E-state index contributed by atoms with van der Waals surface area (Å²) in [6.07, 6.45) is 30.0. The third kappa shape index (κ3) is 23.0. The number of unbranched alkanes of at least 4 members (excludes halogenated alkanes) is 24. The number of esters is 2. The van der Waals surface area contributed by atoms with Gasteiger partial charge in [0.2, 0.25) is 0 Å². The molecule has 1 aromatic carbocycles. The van der Waals surface area contributed by atoms with E-state index in [2.05, 4.69) is 13.8 Å². The van der Waals surface area contributed by atoms with E-state index in [0.717, 1.165) is 43.4 Å². The molecule has 10 nitrogen and oxygen atoms in total. The number of hydrogen-bond acceptors (Lipinski definition) is 8. The van der Waals surface area contributed by atoms with Gasteiger partial charge in [0.25, 0.3) is 11.8 Å². The lowest BCUT2D eigenvalue weighted by molar-refractivity contribution is -0.161. The number of carbonyl (C=O) groups excluding carboxylic acids is 4. The number of hydrogen-bond donors (Lipinski definition) is 1. The van der Waals surface area contributed by atoms with E-state index in [-0.39, 0.29) is 37.1 Å². The van der Waals surface area contributed by atoms with E-state index in [1.54, 1.807) is 24.3 Å². The second kappa shape index (κ2) is 31.4. The fourth-order valence-corrected chi connectivity index (χ4v) is 8.11. The summed E-state index contributed by atoms with van der Waals surface area (Å²) in [7, 11) is -4.31. The molecule has 2 amide bonds. The van der Waals surface area contributed by atoms with Crippen LogP contribution in [-0.4, -0.2) is 65.6 Å². The lowest BCUT2D eigenvalue weighted by atomic mass is 10.0. The molecule has 0 saturated carbocycles. The van der Waals surface area contributed by atoms with Crippen molar-refractivity contribution in [3.63, 3.8) is 0 Å². The maximum absolute atomic E-state index is 13.0. The average Bonchev–Trinajstić information content (AvgIpc) is 3.43. The van der Waals surface area contributed by atoms with Gasteiger partial charge in [-0.15, -0.1) is 0 Å². The SMILES string of the molecule is CCCCCCCCCCCCCCCC(=O)OC[C@H](COP(=O)(O)CCN1C(=O)c2ccccc2C1=O)OC(=O)CCCCCCCCCCCCCCC. The molecule has 320 valence electrons. The number of imide groups is 1. The zero-order chi connectivity index (χ0) is 40.7. The van der Waals surface area contributed by atoms with Gasteiger partial charge in [-0.05, 0) is 25.0 Å². The molecule has 1 aromatic rings. The quantitative estimate of drug-likeness (QED) is 0.0301. The van der Waals surface area contributed by atoms with Crippen LogP contribution in [0.3, 0.4) is 0 Å². The van der Waals surface area contributed by atoms with E-state index in [9.17, 15) is 28.6 Å². The first-order valence-corrected chi connectivity index (χ1v) is 24.2. The first kappa shape index (κ1) is 49.6. The van der Waals surface area contributed by atoms with Crippen molar-refractivity contribution in [3.8, 4) is 0 Å². The van der Waals surface area contributed by atoms with Gasteiger partial charge >= 0.3 is 19.5 Å². The molecule has 0 radical (unpaired) electrons. The minimum Gasteiger partial charge on any atom is -0.462 e. The van der Waals surface area contributed by atoms with Crippen LogP contribution in [-0.2, 0) is 28.2 Å². The Kier molecular flexibility index (Phi) is 27.8. The Bertz CT molecular complexity index is 1250. The molecule has 1 aliphatic heterocycles. The van der Waals surface area contributed by atoms with E-state index in [1.807, 2.05) is 0 Å². The molecule has 11 heteroatoms. The highest BCUT2D eigenvalue weighted by atomic mass is 31.2. The molecule has 0 aromatic heterocycles. The maximum Gasteiger partial charge on any atom is 0.330 e. The van der Waals surface area contributed by atoms with Crippen LogP contribution in [0, 0.1) is 0 Å². The summed E-state index contributed by atoms with van der Waals surface area (Å²) in [6, 6.07) is 6.39. The third-order valence-electron chi connectivity index (χ3n) is 10.6. The fourth-order valence-electron chi connectivity index (χ4n) is 7.13. The number of fused-ring (bicyclic) bond motifs is 1. The standard InChI is InChI=1S/C45H76NO9P/c1-3-5-7-9-11-13-15-17-19-21-23-25-27-33-42(47)53-37-39(55-43(48)34-28-26-24-22-20-18-16-14-12-10-8-6-4-2)38-54-56(51,52)36-35-46-44(49)40-31-29-30-32-41(40)45(46)50/h29-32,39H,3-28,33-38H2,1-2H3,(H,51,52)/t39-/m1/s1. The highest BCUT2D eigenvalue weighted by molar-refractivity contribution is 7.52. The first-order valence-electron chi connectivity index (χ1n) is 22.4. The topological polar surface area (TPSA) is 137 Å². The van der Waals surface area contributed by atoms with Gasteiger partial charge in [0, 0.05) is 19.4 Å². The zero-order valence-electron chi connectivity index (χ0n) is 35.1. The summed E-state index contributed by atoms with van der Waals surface area (Å²) in [5, 5.41) is 0. The summed E-state index contributed by atoms with van der Waals surface area (Å²) >= 11 is 0. The second-order valence-electron chi connectivity index (χ2n) is 15.7. The summed E-state index contributed by atoms with van der Waals surface area (Å²) in [5.41, 5.74) is 0.504. The van der Waals surface area contributed by atoms with Gasteiger partial charge in [-0.1, -0.05) is 180 Å². The lowest BCUT2D eigenvalue weighted by Gasteiger charge is -2.21. The number of rotatable bonds is 37. The summed E-state index contributed by atoms with van der Waals surface area (Å²) in [6.45, 7) is 3.42. The van der Waals surface area contributed by atoms with Gasteiger partial charge in [0.1, 0.15) is 6.61 Å². The number of amides is 2. The predicted molar refractivity (Wildman–Crippen MR) is 224 cm³/mol. The Morgan fingerprint density at radius 1 is 0.589 bits per heavy atom. The molecular weight excluding hydrogens is 729 g/mol. The Morgan fingerprint density at radius 3 is 1.38 bits per heavy atom. The zero-order valence-corrected chi connectivity index (χ0v) is 36.0. The fraction of sp³-hybridized carbons (Fsp3) is 0.778. The molecule has 1 N–H and O–H groups in total. The van der Waals surface area contributed by atoms with Crippen LogP contribution >= 0.6 is 7.60 Å². The van der Waals surface area contributed by atoms with Crippen LogP contribution in [0.1, 0.15) is 214 Å². The molecule has 0 fully saturated rings. The molecule has 2 atom stereocenters. The van der Waals surface area contributed by atoms with Crippen molar-refractivity contribution < 1.29 is 42.6 Å². The minimum atomic E-state index is -4.31. The van der Waals surface area contributed by atoms with Gasteiger partial charge in [0.15, 0.2) is 6.10 Å². The van der Waals surface area contributed by atoms with E-state index in [4.69, 9.17) is 14.0 Å². The predicted octanol–water partition coefficient (Wildman–Crippen LogP) is 11.9. The van der Waals surface area contributed by atoms with Crippen LogP contribution in [0.4, 0.5) is 0 Å². The summed E-state index contributed by atoms with van der Waals surface area (Å²) in [5.74, 6) is -1.95. The molecule has 1 heterocycles. The Hall–Kier alpha value is -2.55. The van der Waals surface area contributed by atoms with Crippen molar-refractivity contribution in [1.29, 1.82) is 0 Å². The van der Waals surface area contributed by atoms with Crippen LogP contribution in [0.2, 0.25) is 0 Å². The van der Waals surface area contributed by atoms with Gasteiger partial charge in [0.05, 0.1) is 23.9 Å². The minimum absolute atomic E-state index is 0.192. The Morgan fingerprint density at radius 2 is 0.964 bits per heavy atom. The van der Waals surface area contributed by atoms with Gasteiger partial charge in [-0.2, -0.15) is 0 Å². The van der Waals surface area contributed by atoms with E-state index in [0.29, 0.717) is 12.8 Å². The monoisotopic (exact) mass is 806 g/mol. The van der Waals surface area contributed by atoms with E-state index < -0.39 is 50.2 Å². The largest absolute Gasteiger partial charge is 0.462 e. The van der Waals surface area contributed by atoms with Crippen molar-refractivity contribution in [2.45, 2.75) is 200 Å². The maximum atomic E-state index is 13.0. The molecule has 0 saturated heterocycles. The Balaban J connectivity index is 1.71. The summed E-state index contributed by atoms with van der Waals surface area (Å²) < 4.78 is 29.3. The summed E-state index contributed by atoms with van der Waals surface area (Å²) in [4.78, 5) is 62.3. The average molecular weight is 806 g/mol. The molecule has 0 aliphatic carbocycles. The van der Waals surface area contributed by atoms with Crippen molar-refractivity contribution in [2.24, 2.45) is 0 Å². The molecule has 2 rings (SSSR count). The second-order valence-corrected chi connectivity index (χ2v) is 17.7. The molecular formula is C45H76NO9P. The van der Waals surface area contributed by atoms with Gasteiger partial charge in [-0.3, -0.25) is 28.6 Å². The highest BCUT2D eigenvalue weighted by Gasteiger charge is 2.36. The smallest absolute Gasteiger partial charge is 0.330 e. The van der Waals surface area contributed by atoms with Gasteiger partial charge < -0.3 is 18.9 Å². The van der Waals surface area contributed by atoms with Crippen molar-refractivity contribution in [2.75, 3.05) is 25.9 Å². The number of carbonyl (C=O) groups is 4. The molecule has 56 heavy (non-hydrogen) atoms. The molecule has 0 bridgehead atoms. The highest BCUT2D eigenvalue weighted by Crippen LogP contribution is 2.42. The van der Waals surface area contributed by atoms with Crippen LogP contribution in [0.5, 0.6) is 0 Å². The number of nitrogens with zero attached hydrogens (tertiary/aromatic N) is 1. The lowest BCUT2D eigenvalue weighted by Crippen LogP contribution is -2.33. The number of ether oxygens (including phenoxy) is 2. The van der Waals surface area contributed by atoms with Crippen molar-refractivity contribution in [1.82, 2.24) is 4.90 Å². The van der Waals surface area contributed by atoms with Crippen LogP contribution in [0.15, 0.2) is 24.3 Å². The first-order chi connectivity index (χ1) is 27.2. The molecule has 0 spiro atoms. The van der Waals surface area contributed by atoms with Crippen LogP contribution < -0.4 is 0 Å². The van der Waals surface area contributed by atoms with E-state index >= 15 is 0 Å². The normalized spacial score (nSPS) is 14.2. The molecule has 1 unspecified atom stereocenters. The Labute approximate surface area is 339 Å². The third-order valence-corrected chi connectivity index (χ3v) is 12.0. The van der Waals surface area contributed by atoms with Crippen molar-refractivity contribution in [3.05, 3.63) is 35.4 Å². The van der Waals surface area contributed by atoms with E-state index in [1.165, 1.54) is 116 Å². The number of benzene rings is 1. The van der Waals surface area contributed by atoms with Gasteiger partial charge in [-0.25, -0.2) is 0 Å².